The Morgan fingerprint density at radius 2 is 1.89 bits per heavy atom. The van der Waals surface area contributed by atoms with Gasteiger partial charge in [-0.2, -0.15) is 0 Å². The normalized spacial score (nSPS) is 24.7. The molecule has 1 aliphatic rings. The van der Waals surface area contributed by atoms with Crippen molar-refractivity contribution in [2.75, 3.05) is 6.61 Å². The number of rotatable bonds is 5. The number of amides is 2. The molecule has 18 heavy (non-hydrogen) atoms. The third kappa shape index (κ3) is 4.84. The summed E-state index contributed by atoms with van der Waals surface area (Å²) in [7, 11) is 0. The first-order valence-electron chi connectivity index (χ1n) is 7.39. The van der Waals surface area contributed by atoms with Gasteiger partial charge in [-0.1, -0.05) is 33.1 Å². The zero-order valence-corrected chi connectivity index (χ0v) is 11.7. The Balaban J connectivity index is 2.44. The van der Waals surface area contributed by atoms with Crippen LogP contribution in [0.4, 0.5) is 4.79 Å². The summed E-state index contributed by atoms with van der Waals surface area (Å²) in [4.78, 5) is 11.9. The van der Waals surface area contributed by atoms with Crippen LogP contribution in [0.3, 0.4) is 0 Å². The maximum Gasteiger partial charge on any atom is 0.315 e. The van der Waals surface area contributed by atoms with Crippen molar-refractivity contribution in [2.45, 2.75) is 70.9 Å². The fraction of sp³-hybridized carbons (Fsp3) is 0.929. The van der Waals surface area contributed by atoms with Gasteiger partial charge >= 0.3 is 6.03 Å². The molecule has 0 spiro atoms. The van der Waals surface area contributed by atoms with Crippen molar-refractivity contribution < 1.29 is 9.90 Å². The number of carbonyl (C=O) groups excluding carboxylic acids is 1. The minimum absolute atomic E-state index is 0.0750. The molecule has 1 rings (SSSR count). The van der Waals surface area contributed by atoms with Gasteiger partial charge in [-0.3, -0.25) is 0 Å². The van der Waals surface area contributed by atoms with E-state index in [4.69, 9.17) is 0 Å². The van der Waals surface area contributed by atoms with Crippen LogP contribution in [0.1, 0.15) is 58.8 Å². The number of hydrogen-bond donors (Lipinski definition) is 3. The van der Waals surface area contributed by atoms with E-state index in [1.165, 1.54) is 6.42 Å². The molecular formula is C14H28N2O2. The molecule has 0 aromatic rings. The summed E-state index contributed by atoms with van der Waals surface area (Å²) in [5.41, 5.74) is 0. The van der Waals surface area contributed by atoms with Crippen LogP contribution in [0, 0.1) is 5.92 Å². The number of urea groups is 1. The highest BCUT2D eigenvalue weighted by atomic mass is 16.3. The molecular weight excluding hydrogens is 228 g/mol. The Kier molecular flexibility index (Phi) is 7.09. The van der Waals surface area contributed by atoms with Gasteiger partial charge in [-0.25, -0.2) is 4.79 Å². The van der Waals surface area contributed by atoms with Crippen LogP contribution < -0.4 is 10.6 Å². The summed E-state index contributed by atoms with van der Waals surface area (Å²) in [6.45, 7) is 4.34. The van der Waals surface area contributed by atoms with Crippen LogP contribution in [0.15, 0.2) is 0 Å². The van der Waals surface area contributed by atoms with Crippen molar-refractivity contribution in [1.82, 2.24) is 10.6 Å². The quantitative estimate of drug-likeness (QED) is 0.662. The summed E-state index contributed by atoms with van der Waals surface area (Å²) < 4.78 is 0. The molecule has 3 N–H and O–H groups in total. The molecule has 4 heteroatoms. The molecule has 1 fully saturated rings. The summed E-state index contributed by atoms with van der Waals surface area (Å²) in [6, 6.07) is 0.310. The van der Waals surface area contributed by atoms with Gasteiger partial charge in [0.2, 0.25) is 0 Å². The minimum atomic E-state index is -0.0750. The molecule has 1 saturated carbocycles. The third-order valence-electron chi connectivity index (χ3n) is 4.03. The molecule has 2 amide bonds. The number of nitrogens with one attached hydrogen (secondary N) is 2. The van der Waals surface area contributed by atoms with Gasteiger partial charge in [0.25, 0.3) is 0 Å². The largest absolute Gasteiger partial charge is 0.396 e. The molecule has 0 radical (unpaired) electrons. The summed E-state index contributed by atoms with van der Waals surface area (Å²) >= 11 is 0. The lowest BCUT2D eigenvalue weighted by molar-refractivity contribution is 0.178. The minimum Gasteiger partial charge on any atom is -0.396 e. The van der Waals surface area contributed by atoms with E-state index in [1.54, 1.807) is 0 Å². The van der Waals surface area contributed by atoms with E-state index in [1.807, 2.05) is 0 Å². The van der Waals surface area contributed by atoms with Crippen molar-refractivity contribution >= 4 is 6.03 Å². The van der Waals surface area contributed by atoms with Crippen molar-refractivity contribution in [3.05, 3.63) is 0 Å². The highest BCUT2D eigenvalue weighted by Crippen LogP contribution is 2.23. The molecule has 2 atom stereocenters. The Bertz CT molecular complexity index is 242. The monoisotopic (exact) mass is 256 g/mol. The highest BCUT2D eigenvalue weighted by Gasteiger charge is 2.24. The summed E-state index contributed by atoms with van der Waals surface area (Å²) in [5.74, 6) is 0.222. The van der Waals surface area contributed by atoms with Gasteiger partial charge in [0.1, 0.15) is 0 Å². The molecule has 0 heterocycles. The second-order valence-corrected chi connectivity index (χ2v) is 5.32. The second kappa shape index (κ2) is 8.35. The third-order valence-corrected chi connectivity index (χ3v) is 4.03. The molecule has 2 unspecified atom stereocenters. The lowest BCUT2D eigenvalue weighted by Gasteiger charge is -2.26. The Labute approximate surface area is 111 Å². The molecule has 4 nitrogen and oxygen atoms in total. The van der Waals surface area contributed by atoms with Crippen molar-refractivity contribution in [2.24, 2.45) is 5.92 Å². The van der Waals surface area contributed by atoms with E-state index in [0.717, 1.165) is 38.5 Å². The predicted octanol–water partition coefficient (Wildman–Crippen LogP) is 2.42. The maximum atomic E-state index is 11.9. The second-order valence-electron chi connectivity index (χ2n) is 5.32. The van der Waals surface area contributed by atoms with Gasteiger partial charge in [0.15, 0.2) is 0 Å². The van der Waals surface area contributed by atoms with E-state index in [-0.39, 0.29) is 30.6 Å². The lowest BCUT2D eigenvalue weighted by atomic mass is 9.96. The van der Waals surface area contributed by atoms with Crippen LogP contribution in [0.2, 0.25) is 0 Å². The lowest BCUT2D eigenvalue weighted by Crippen LogP contribution is -2.48. The average molecular weight is 256 g/mol. The SMILES string of the molecule is CCC(CC)NC(=O)NC1CCCCCC1CO. The fourth-order valence-electron chi connectivity index (χ4n) is 2.68. The molecule has 0 aliphatic heterocycles. The number of aliphatic hydroxyl groups excluding tert-OH is 1. The van der Waals surface area contributed by atoms with Gasteiger partial charge < -0.3 is 15.7 Å². The summed E-state index contributed by atoms with van der Waals surface area (Å²) in [6.07, 6.45) is 7.44. The van der Waals surface area contributed by atoms with Crippen LogP contribution >= 0.6 is 0 Å². The molecule has 0 aromatic heterocycles. The van der Waals surface area contributed by atoms with Crippen LogP contribution in [-0.4, -0.2) is 29.8 Å². The van der Waals surface area contributed by atoms with E-state index in [2.05, 4.69) is 24.5 Å². The standard InChI is InChI=1S/C14H28N2O2/c1-3-12(4-2)15-14(18)16-13-9-7-5-6-8-11(13)10-17/h11-13,17H,3-10H2,1-2H3,(H2,15,16,18). The van der Waals surface area contributed by atoms with Crippen LogP contribution in [0.25, 0.3) is 0 Å². The van der Waals surface area contributed by atoms with E-state index >= 15 is 0 Å². The van der Waals surface area contributed by atoms with Crippen LogP contribution in [0.5, 0.6) is 0 Å². The highest BCUT2D eigenvalue weighted by molar-refractivity contribution is 5.74. The number of aliphatic hydroxyl groups is 1. The van der Waals surface area contributed by atoms with E-state index < -0.39 is 0 Å². The molecule has 0 saturated heterocycles. The average Bonchev–Trinajstić information content (AvgIpc) is 2.60. The fourth-order valence-corrected chi connectivity index (χ4v) is 2.68. The zero-order chi connectivity index (χ0) is 13.4. The molecule has 106 valence electrons. The Hall–Kier alpha value is -0.770. The molecule has 0 aromatic carbocycles. The van der Waals surface area contributed by atoms with Crippen molar-refractivity contribution in [1.29, 1.82) is 0 Å². The van der Waals surface area contributed by atoms with Gasteiger partial charge in [-0.05, 0) is 25.7 Å². The smallest absolute Gasteiger partial charge is 0.315 e. The first-order chi connectivity index (χ1) is 8.71. The van der Waals surface area contributed by atoms with E-state index in [9.17, 15) is 9.90 Å². The van der Waals surface area contributed by atoms with E-state index in [0.29, 0.717) is 0 Å². The number of carbonyl (C=O) groups is 1. The Morgan fingerprint density at radius 3 is 2.50 bits per heavy atom. The topological polar surface area (TPSA) is 61.4 Å². The van der Waals surface area contributed by atoms with Gasteiger partial charge in [0.05, 0.1) is 0 Å². The predicted molar refractivity (Wildman–Crippen MR) is 73.5 cm³/mol. The first kappa shape index (κ1) is 15.3. The van der Waals surface area contributed by atoms with Crippen molar-refractivity contribution in [3.8, 4) is 0 Å². The number of hydrogen-bond acceptors (Lipinski definition) is 2. The van der Waals surface area contributed by atoms with Crippen LogP contribution in [-0.2, 0) is 0 Å². The van der Waals surface area contributed by atoms with Crippen molar-refractivity contribution in [3.63, 3.8) is 0 Å². The first-order valence-corrected chi connectivity index (χ1v) is 7.39. The zero-order valence-electron chi connectivity index (χ0n) is 11.7. The maximum absolute atomic E-state index is 11.9. The molecule has 1 aliphatic carbocycles. The van der Waals surface area contributed by atoms with Gasteiger partial charge in [-0.15, -0.1) is 0 Å². The molecule has 0 bridgehead atoms. The Morgan fingerprint density at radius 1 is 1.22 bits per heavy atom. The summed E-state index contributed by atoms with van der Waals surface area (Å²) in [5, 5.41) is 15.4. The van der Waals surface area contributed by atoms with Gasteiger partial charge in [0, 0.05) is 24.6 Å².